The molecule has 0 fully saturated rings. The van der Waals surface area contributed by atoms with Gasteiger partial charge in [0.05, 0.1) is 23.8 Å². The average Bonchev–Trinajstić information content (AvgIpc) is 2.24. The fraction of sp³-hybridized carbons (Fsp3) is 0.500. The second kappa shape index (κ2) is 6.21. The van der Waals surface area contributed by atoms with Crippen molar-refractivity contribution in [3.63, 3.8) is 0 Å². The highest BCUT2D eigenvalue weighted by Gasteiger charge is 2.13. The summed E-state index contributed by atoms with van der Waals surface area (Å²) >= 11 is 3.35. The first-order valence-electron chi connectivity index (χ1n) is 5.81. The van der Waals surface area contributed by atoms with E-state index in [4.69, 9.17) is 14.7 Å². The zero-order valence-corrected chi connectivity index (χ0v) is 12.7. The summed E-state index contributed by atoms with van der Waals surface area (Å²) in [5.41, 5.74) is 0.399. The Hall–Kier alpha value is -1.05. The van der Waals surface area contributed by atoms with Crippen molar-refractivity contribution in [2.45, 2.75) is 39.4 Å². The molecule has 0 saturated carbocycles. The Bertz CT molecular complexity index is 446. The van der Waals surface area contributed by atoms with Crippen LogP contribution in [-0.2, 0) is 4.74 Å². The first kappa shape index (κ1) is 15.0. The highest BCUT2D eigenvalue weighted by Crippen LogP contribution is 2.22. The van der Waals surface area contributed by atoms with E-state index in [0.717, 1.165) is 4.47 Å². The minimum atomic E-state index is -0.174. The summed E-state index contributed by atoms with van der Waals surface area (Å²) in [6.45, 7) is 8.47. The predicted molar refractivity (Wildman–Crippen MR) is 74.7 cm³/mol. The smallest absolute Gasteiger partial charge is 0.122 e. The lowest BCUT2D eigenvalue weighted by Crippen LogP contribution is -2.27. The lowest BCUT2D eigenvalue weighted by molar-refractivity contribution is -0.0374. The van der Waals surface area contributed by atoms with E-state index >= 15 is 0 Å². The molecule has 0 aliphatic heterocycles. The lowest BCUT2D eigenvalue weighted by atomic mass is 10.2. The van der Waals surface area contributed by atoms with Crippen molar-refractivity contribution in [2.75, 3.05) is 6.61 Å². The number of nitrogens with zero attached hydrogens (tertiary/aromatic N) is 1. The topological polar surface area (TPSA) is 42.2 Å². The Kier molecular flexibility index (Phi) is 5.18. The van der Waals surface area contributed by atoms with Crippen LogP contribution in [-0.4, -0.2) is 18.3 Å². The van der Waals surface area contributed by atoms with Gasteiger partial charge >= 0.3 is 0 Å². The van der Waals surface area contributed by atoms with Gasteiger partial charge in [0.25, 0.3) is 0 Å². The van der Waals surface area contributed by atoms with Gasteiger partial charge in [-0.15, -0.1) is 0 Å². The first-order valence-corrected chi connectivity index (χ1v) is 6.61. The molecule has 0 aliphatic rings. The van der Waals surface area contributed by atoms with Gasteiger partial charge in [-0.2, -0.15) is 5.26 Å². The molecule has 1 unspecified atom stereocenters. The van der Waals surface area contributed by atoms with Crippen LogP contribution in [0.2, 0.25) is 0 Å². The van der Waals surface area contributed by atoms with Gasteiger partial charge in [0.1, 0.15) is 11.9 Å². The molecule has 1 aromatic rings. The quantitative estimate of drug-likeness (QED) is 0.846. The molecule has 1 atom stereocenters. The molecule has 98 valence electrons. The number of hydrogen-bond donors (Lipinski definition) is 0. The maximum Gasteiger partial charge on any atom is 0.122 e. The summed E-state index contributed by atoms with van der Waals surface area (Å²) in [6.07, 6.45) is -0.0648. The Balaban J connectivity index is 2.62. The van der Waals surface area contributed by atoms with Gasteiger partial charge in [0, 0.05) is 4.47 Å². The minimum absolute atomic E-state index is 0.0648. The molecule has 0 amide bonds. The van der Waals surface area contributed by atoms with Crippen molar-refractivity contribution in [2.24, 2.45) is 0 Å². The second-order valence-corrected chi connectivity index (χ2v) is 6.05. The van der Waals surface area contributed by atoms with E-state index in [2.05, 4.69) is 22.0 Å². The molecule has 0 spiro atoms. The number of ether oxygens (including phenoxy) is 2. The summed E-state index contributed by atoms with van der Waals surface area (Å²) in [5, 5.41) is 8.88. The van der Waals surface area contributed by atoms with Crippen LogP contribution >= 0.6 is 15.9 Å². The van der Waals surface area contributed by atoms with Crippen LogP contribution in [0.1, 0.15) is 33.3 Å². The molecular formula is C14H18BrNO2. The molecule has 0 heterocycles. The van der Waals surface area contributed by atoms with Gasteiger partial charge in [-0.1, -0.05) is 15.9 Å². The van der Waals surface area contributed by atoms with Crippen molar-refractivity contribution in [1.29, 1.82) is 5.26 Å². The van der Waals surface area contributed by atoms with Crippen molar-refractivity contribution < 1.29 is 9.47 Å². The van der Waals surface area contributed by atoms with Crippen molar-refractivity contribution in [3.8, 4) is 11.8 Å². The summed E-state index contributed by atoms with van der Waals surface area (Å²) in [5.74, 6) is 0.672. The van der Waals surface area contributed by atoms with Gasteiger partial charge in [0.2, 0.25) is 0 Å². The Morgan fingerprint density at radius 2 is 2.00 bits per heavy atom. The van der Waals surface area contributed by atoms with Gasteiger partial charge in [-0.05, 0) is 45.9 Å². The normalized spacial score (nSPS) is 12.9. The molecule has 3 nitrogen and oxygen atoms in total. The molecule has 0 N–H and O–H groups in total. The molecule has 4 heteroatoms. The second-order valence-electron chi connectivity index (χ2n) is 5.14. The van der Waals surface area contributed by atoms with Gasteiger partial charge < -0.3 is 9.47 Å². The molecule has 1 aromatic carbocycles. The number of benzene rings is 1. The number of hydrogen-bond acceptors (Lipinski definition) is 3. The van der Waals surface area contributed by atoms with E-state index in [-0.39, 0.29) is 11.7 Å². The van der Waals surface area contributed by atoms with Crippen LogP contribution in [0.25, 0.3) is 0 Å². The average molecular weight is 312 g/mol. The van der Waals surface area contributed by atoms with Crippen molar-refractivity contribution in [1.82, 2.24) is 0 Å². The lowest BCUT2D eigenvalue weighted by Gasteiger charge is -2.23. The molecule has 0 radical (unpaired) electrons. The standard InChI is InChI=1S/C14H18BrNO2/c1-10(9-17-14(2,3)4)18-13-6-11(8-16)5-12(15)7-13/h5-7,10H,9H2,1-4H3. The number of halogens is 1. The Morgan fingerprint density at radius 1 is 1.33 bits per heavy atom. The molecule has 0 aliphatic carbocycles. The minimum Gasteiger partial charge on any atom is -0.488 e. The van der Waals surface area contributed by atoms with Crippen molar-refractivity contribution >= 4 is 15.9 Å². The summed E-state index contributed by atoms with van der Waals surface area (Å²) in [4.78, 5) is 0. The first-order chi connectivity index (χ1) is 8.30. The Labute approximate surface area is 117 Å². The fourth-order valence-electron chi connectivity index (χ4n) is 1.33. The van der Waals surface area contributed by atoms with Crippen molar-refractivity contribution in [3.05, 3.63) is 28.2 Å². The zero-order chi connectivity index (χ0) is 13.8. The van der Waals surface area contributed by atoms with Gasteiger partial charge in [-0.3, -0.25) is 0 Å². The van der Waals surface area contributed by atoms with E-state index in [1.165, 1.54) is 0 Å². The molecule has 1 rings (SSSR count). The summed E-state index contributed by atoms with van der Waals surface area (Å²) in [7, 11) is 0. The monoisotopic (exact) mass is 311 g/mol. The van der Waals surface area contributed by atoms with Gasteiger partial charge in [0.15, 0.2) is 0 Å². The SMILES string of the molecule is CC(COC(C)(C)C)Oc1cc(Br)cc(C#N)c1. The molecule has 0 saturated heterocycles. The highest BCUT2D eigenvalue weighted by molar-refractivity contribution is 9.10. The number of rotatable bonds is 4. The summed E-state index contributed by atoms with van der Waals surface area (Å²) in [6, 6.07) is 7.41. The van der Waals surface area contributed by atoms with Crippen LogP contribution in [0.15, 0.2) is 22.7 Å². The van der Waals surface area contributed by atoms with Crippen LogP contribution in [0.5, 0.6) is 5.75 Å². The van der Waals surface area contributed by atoms with Crippen LogP contribution in [0.3, 0.4) is 0 Å². The van der Waals surface area contributed by atoms with E-state index in [1.54, 1.807) is 12.1 Å². The van der Waals surface area contributed by atoms with Crippen LogP contribution in [0, 0.1) is 11.3 Å². The molecule has 18 heavy (non-hydrogen) atoms. The third kappa shape index (κ3) is 5.52. The largest absolute Gasteiger partial charge is 0.488 e. The predicted octanol–water partition coefficient (Wildman–Crippen LogP) is 3.90. The van der Waals surface area contributed by atoms with E-state index in [1.807, 2.05) is 33.8 Å². The molecule has 0 bridgehead atoms. The van der Waals surface area contributed by atoms with E-state index in [9.17, 15) is 0 Å². The third-order valence-electron chi connectivity index (χ3n) is 2.09. The van der Waals surface area contributed by atoms with E-state index < -0.39 is 0 Å². The highest BCUT2D eigenvalue weighted by atomic mass is 79.9. The Morgan fingerprint density at radius 3 is 2.56 bits per heavy atom. The van der Waals surface area contributed by atoms with Crippen LogP contribution < -0.4 is 4.74 Å². The third-order valence-corrected chi connectivity index (χ3v) is 2.55. The zero-order valence-electron chi connectivity index (χ0n) is 11.2. The van der Waals surface area contributed by atoms with E-state index in [0.29, 0.717) is 17.9 Å². The fourth-order valence-corrected chi connectivity index (χ4v) is 1.80. The number of nitriles is 1. The van der Waals surface area contributed by atoms with Gasteiger partial charge in [-0.25, -0.2) is 0 Å². The van der Waals surface area contributed by atoms with Crippen LogP contribution in [0.4, 0.5) is 0 Å². The summed E-state index contributed by atoms with van der Waals surface area (Å²) < 4.78 is 12.2. The molecule has 0 aromatic heterocycles. The molecular weight excluding hydrogens is 294 g/mol. The maximum absolute atomic E-state index is 8.88. The maximum atomic E-state index is 8.88.